The predicted molar refractivity (Wildman–Crippen MR) is 128 cm³/mol. The molecule has 4 rings (SSSR count). The fourth-order valence-corrected chi connectivity index (χ4v) is 8.49. The number of thiazole rings is 1. The molecule has 3 aliphatic heterocycles. The van der Waals surface area contributed by atoms with Gasteiger partial charge in [-0.25, -0.2) is 13.4 Å². The van der Waals surface area contributed by atoms with Crippen LogP contribution in [0.5, 0.6) is 0 Å². The summed E-state index contributed by atoms with van der Waals surface area (Å²) >= 11 is 1.31. The molecule has 0 spiro atoms. The fraction of sp³-hybridized carbons (Fsp3) is 0.850. The van der Waals surface area contributed by atoms with E-state index in [-0.39, 0.29) is 5.04 Å². The Labute approximate surface area is 192 Å². The van der Waals surface area contributed by atoms with E-state index < -0.39 is 18.3 Å². The molecule has 0 aliphatic carbocycles. The van der Waals surface area contributed by atoms with E-state index in [0.29, 0.717) is 42.5 Å². The zero-order valence-corrected chi connectivity index (χ0v) is 22.1. The maximum atomic E-state index is 13.0. The summed E-state index contributed by atoms with van der Waals surface area (Å²) < 4.78 is 34.5. The smallest absolute Gasteiger partial charge is 0.254 e. The van der Waals surface area contributed by atoms with Crippen molar-refractivity contribution < 1.29 is 12.8 Å². The van der Waals surface area contributed by atoms with Gasteiger partial charge in [0.15, 0.2) is 17.7 Å². The Morgan fingerprint density at radius 1 is 1.16 bits per heavy atom. The van der Waals surface area contributed by atoms with Crippen LogP contribution in [-0.4, -0.2) is 95.4 Å². The third-order valence-corrected chi connectivity index (χ3v) is 15.2. The Balaban J connectivity index is 1.39. The van der Waals surface area contributed by atoms with Crippen molar-refractivity contribution in [2.75, 3.05) is 57.3 Å². The molecule has 3 saturated heterocycles. The summed E-state index contributed by atoms with van der Waals surface area (Å²) in [6, 6.07) is 0.445. The first-order valence-electron chi connectivity index (χ1n) is 11.3. The van der Waals surface area contributed by atoms with Crippen LogP contribution in [0.1, 0.15) is 27.2 Å². The Morgan fingerprint density at radius 3 is 2.55 bits per heavy atom. The largest absolute Gasteiger partial charge is 0.413 e. The van der Waals surface area contributed by atoms with Gasteiger partial charge in [-0.3, -0.25) is 4.90 Å². The minimum absolute atomic E-state index is 0.218. The lowest BCUT2D eigenvalue weighted by atomic mass is 10.1. The summed E-state index contributed by atoms with van der Waals surface area (Å²) in [6.45, 7) is 17.7. The molecule has 0 aromatic carbocycles. The van der Waals surface area contributed by atoms with Crippen LogP contribution in [0.25, 0.3) is 0 Å². The monoisotopic (exact) mass is 487 g/mol. The van der Waals surface area contributed by atoms with Crippen molar-refractivity contribution in [1.29, 1.82) is 0 Å². The number of rotatable bonds is 5. The van der Waals surface area contributed by atoms with E-state index in [2.05, 4.69) is 54.0 Å². The first kappa shape index (κ1) is 23.6. The van der Waals surface area contributed by atoms with Gasteiger partial charge < -0.3 is 14.6 Å². The second-order valence-electron chi connectivity index (χ2n) is 10.4. The molecule has 176 valence electrons. The number of sulfonamides is 1. The molecule has 3 fully saturated rings. The Kier molecular flexibility index (Phi) is 6.59. The van der Waals surface area contributed by atoms with Gasteiger partial charge >= 0.3 is 0 Å². The molecule has 0 saturated carbocycles. The van der Waals surface area contributed by atoms with Gasteiger partial charge in [0.25, 0.3) is 10.0 Å². The summed E-state index contributed by atoms with van der Waals surface area (Å²) in [7, 11) is -5.22. The molecule has 0 unspecified atom stereocenters. The third-order valence-electron chi connectivity index (χ3n) is 7.26. The molecular formula is C20H37N5O3S2Si. The molecule has 0 amide bonds. The Hall–Kier alpha value is -0.563. The zero-order chi connectivity index (χ0) is 22.4. The lowest BCUT2D eigenvalue weighted by molar-refractivity contribution is 0.177. The maximum absolute atomic E-state index is 13.0. The van der Waals surface area contributed by atoms with E-state index in [1.807, 2.05) is 0 Å². The number of nitrogens with zero attached hydrogens (tertiary/aromatic N) is 4. The SMILES string of the molecule is CC(C)(C)[Si](C)(C)O[C@@H]1C[C@H]2CN(c3ncc(S(=O)(=O)N4CCNCC4)s3)CCN2C1. The van der Waals surface area contributed by atoms with Crippen molar-refractivity contribution in [1.82, 2.24) is 19.5 Å². The van der Waals surface area contributed by atoms with Crippen LogP contribution >= 0.6 is 11.3 Å². The van der Waals surface area contributed by atoms with Crippen molar-refractivity contribution in [2.24, 2.45) is 0 Å². The number of anilines is 1. The summed E-state index contributed by atoms with van der Waals surface area (Å²) in [6.07, 6.45) is 2.88. The average Bonchev–Trinajstić information content (AvgIpc) is 3.34. The number of fused-ring (bicyclic) bond motifs is 1. The standard InChI is InChI=1S/C20H37N5O3S2Si/c1-20(2,3)31(4,5)28-17-12-16-14-24(11-10-23(16)15-17)19-22-13-18(29-19)30(26,27)25-8-6-21-7-9-25/h13,16-17,21H,6-12,14-15H2,1-5H3/t16-,17+/m0/s1. The minimum Gasteiger partial charge on any atom is -0.413 e. The van der Waals surface area contributed by atoms with Gasteiger partial charge in [0.1, 0.15) is 0 Å². The van der Waals surface area contributed by atoms with E-state index in [4.69, 9.17) is 4.43 Å². The first-order valence-corrected chi connectivity index (χ1v) is 16.5. The second kappa shape index (κ2) is 8.66. The van der Waals surface area contributed by atoms with Gasteiger partial charge in [-0.15, -0.1) is 0 Å². The van der Waals surface area contributed by atoms with Crippen molar-refractivity contribution >= 4 is 34.8 Å². The number of hydrogen-bond acceptors (Lipinski definition) is 8. The summed E-state index contributed by atoms with van der Waals surface area (Å²) in [4.78, 5) is 9.31. The highest BCUT2D eigenvalue weighted by Gasteiger charge is 2.44. The van der Waals surface area contributed by atoms with E-state index in [9.17, 15) is 8.42 Å². The highest BCUT2D eigenvalue weighted by molar-refractivity contribution is 7.91. The van der Waals surface area contributed by atoms with Crippen LogP contribution in [0.15, 0.2) is 10.4 Å². The lowest BCUT2D eigenvalue weighted by Gasteiger charge is -2.38. The highest BCUT2D eigenvalue weighted by Crippen LogP contribution is 2.39. The molecule has 0 radical (unpaired) electrons. The van der Waals surface area contributed by atoms with Crippen LogP contribution in [0, 0.1) is 0 Å². The van der Waals surface area contributed by atoms with Crippen molar-refractivity contribution in [3.63, 3.8) is 0 Å². The van der Waals surface area contributed by atoms with Crippen LogP contribution in [0.3, 0.4) is 0 Å². The van der Waals surface area contributed by atoms with E-state index in [1.165, 1.54) is 11.3 Å². The van der Waals surface area contributed by atoms with Gasteiger partial charge in [0.05, 0.1) is 12.3 Å². The zero-order valence-electron chi connectivity index (χ0n) is 19.4. The van der Waals surface area contributed by atoms with Gasteiger partial charge in [-0.05, 0) is 24.6 Å². The molecule has 11 heteroatoms. The number of hydrogen-bond donors (Lipinski definition) is 1. The van der Waals surface area contributed by atoms with Gasteiger partial charge in [-0.2, -0.15) is 4.31 Å². The minimum atomic E-state index is -3.44. The lowest BCUT2D eigenvalue weighted by Crippen LogP contribution is -2.50. The molecule has 8 nitrogen and oxygen atoms in total. The van der Waals surface area contributed by atoms with E-state index >= 15 is 0 Å². The summed E-state index contributed by atoms with van der Waals surface area (Å²) in [5, 5.41) is 4.24. The fourth-order valence-electron chi connectivity index (χ4n) is 4.38. The van der Waals surface area contributed by atoms with Gasteiger partial charge in [0.2, 0.25) is 0 Å². The van der Waals surface area contributed by atoms with Crippen LogP contribution in [-0.2, 0) is 14.4 Å². The molecule has 1 aromatic heterocycles. The number of aromatic nitrogens is 1. The predicted octanol–water partition coefficient (Wildman–Crippen LogP) is 2.02. The maximum Gasteiger partial charge on any atom is 0.254 e. The average molecular weight is 488 g/mol. The first-order chi connectivity index (χ1) is 14.5. The molecule has 2 atom stereocenters. The van der Waals surface area contributed by atoms with E-state index in [1.54, 1.807) is 10.5 Å². The molecular weight excluding hydrogens is 450 g/mol. The Morgan fingerprint density at radius 2 is 1.87 bits per heavy atom. The van der Waals surface area contributed by atoms with Crippen molar-refractivity contribution in [2.45, 2.75) is 61.7 Å². The van der Waals surface area contributed by atoms with Crippen molar-refractivity contribution in [3.8, 4) is 0 Å². The molecule has 31 heavy (non-hydrogen) atoms. The second-order valence-corrected chi connectivity index (χ2v) is 18.4. The number of piperazine rings is 2. The van der Waals surface area contributed by atoms with Gasteiger partial charge in [0, 0.05) is 58.4 Å². The van der Waals surface area contributed by atoms with Crippen LogP contribution in [0.4, 0.5) is 5.13 Å². The molecule has 1 N–H and O–H groups in total. The summed E-state index contributed by atoms with van der Waals surface area (Å²) in [5.74, 6) is 0. The summed E-state index contributed by atoms with van der Waals surface area (Å²) in [5.41, 5.74) is 0. The van der Waals surface area contributed by atoms with Crippen molar-refractivity contribution in [3.05, 3.63) is 6.20 Å². The Bertz CT molecular complexity index is 880. The highest BCUT2D eigenvalue weighted by atomic mass is 32.2. The molecule has 4 heterocycles. The van der Waals surface area contributed by atoms with Crippen LogP contribution in [0.2, 0.25) is 18.1 Å². The number of nitrogens with one attached hydrogen (secondary N) is 1. The molecule has 1 aromatic rings. The third kappa shape index (κ3) is 4.87. The quantitative estimate of drug-likeness (QED) is 0.637. The van der Waals surface area contributed by atoms with E-state index in [0.717, 1.165) is 37.7 Å². The molecule has 3 aliphatic rings. The normalized spacial score (nSPS) is 26.9. The topological polar surface area (TPSA) is 78.0 Å². The van der Waals surface area contributed by atoms with Gasteiger partial charge in [-0.1, -0.05) is 32.1 Å². The molecule has 0 bridgehead atoms. The van der Waals surface area contributed by atoms with Crippen LogP contribution < -0.4 is 10.2 Å².